The summed E-state index contributed by atoms with van der Waals surface area (Å²) in [5.74, 6) is -3.29. The average Bonchev–Trinajstić information content (AvgIpc) is 2.84. The van der Waals surface area contributed by atoms with Crippen LogP contribution in [-0.2, 0) is 22.2 Å². The molecule has 0 aliphatic heterocycles. The smallest absolute Gasteiger partial charge is 0.418 e. The van der Waals surface area contributed by atoms with E-state index in [-0.39, 0.29) is 27.8 Å². The van der Waals surface area contributed by atoms with E-state index in [1.54, 1.807) is 30.3 Å². The standard InChI is InChI=1S/C27H16ClF4NO5/c28-16-5-7-18-22(11-16)38-26(37)19(25(18)15-3-1-2-14(10-15)4-9-24(35)36)13-23(34)33-21-8-6-17(29)12-20(21)27(30,31)32/h1-12H,13H2,(H,33,34)(H,35,36). The van der Waals surface area contributed by atoms with Crippen molar-refractivity contribution in [3.8, 4) is 11.1 Å². The molecule has 4 rings (SSSR count). The van der Waals surface area contributed by atoms with Gasteiger partial charge in [-0.15, -0.1) is 0 Å². The summed E-state index contributed by atoms with van der Waals surface area (Å²) in [6.45, 7) is 0. The van der Waals surface area contributed by atoms with Crippen LogP contribution in [0.25, 0.3) is 28.2 Å². The summed E-state index contributed by atoms with van der Waals surface area (Å²) in [4.78, 5) is 36.8. The number of hydrogen-bond donors (Lipinski definition) is 2. The van der Waals surface area contributed by atoms with Crippen molar-refractivity contribution in [2.75, 3.05) is 5.32 Å². The topological polar surface area (TPSA) is 96.6 Å². The number of rotatable bonds is 6. The van der Waals surface area contributed by atoms with Crippen LogP contribution in [0.3, 0.4) is 0 Å². The quantitative estimate of drug-likeness (QED) is 0.163. The Balaban J connectivity index is 1.82. The van der Waals surface area contributed by atoms with Gasteiger partial charge in [-0.05, 0) is 53.6 Å². The largest absolute Gasteiger partial charge is 0.478 e. The molecule has 0 radical (unpaired) electrons. The Morgan fingerprint density at radius 2 is 1.82 bits per heavy atom. The van der Waals surface area contributed by atoms with Gasteiger partial charge in [0.2, 0.25) is 5.91 Å². The highest BCUT2D eigenvalue weighted by Crippen LogP contribution is 2.36. The van der Waals surface area contributed by atoms with E-state index in [0.717, 1.165) is 18.2 Å². The molecule has 2 N–H and O–H groups in total. The number of amides is 1. The molecule has 38 heavy (non-hydrogen) atoms. The van der Waals surface area contributed by atoms with Crippen LogP contribution in [0.2, 0.25) is 5.02 Å². The van der Waals surface area contributed by atoms with Gasteiger partial charge in [-0.1, -0.05) is 29.8 Å². The molecule has 0 unspecified atom stereocenters. The fourth-order valence-electron chi connectivity index (χ4n) is 3.88. The number of aliphatic carboxylic acids is 1. The fraction of sp³-hybridized carbons (Fsp3) is 0.0741. The second kappa shape index (κ2) is 10.5. The SMILES string of the molecule is O=C(O)C=Cc1cccc(-c2c(CC(=O)Nc3ccc(F)cc3C(F)(F)F)c(=O)oc3cc(Cl)ccc23)c1. The monoisotopic (exact) mass is 545 g/mol. The van der Waals surface area contributed by atoms with Gasteiger partial charge in [-0.2, -0.15) is 13.2 Å². The number of carboxylic acids is 1. The minimum atomic E-state index is -4.94. The average molecular weight is 546 g/mol. The van der Waals surface area contributed by atoms with Gasteiger partial charge in [-0.3, -0.25) is 4.79 Å². The number of carboxylic acid groups (broad SMARTS) is 1. The van der Waals surface area contributed by atoms with Gasteiger partial charge < -0.3 is 14.8 Å². The Bertz CT molecular complexity index is 1660. The first kappa shape index (κ1) is 26.6. The zero-order chi connectivity index (χ0) is 27.6. The summed E-state index contributed by atoms with van der Waals surface area (Å²) in [6.07, 6.45) is -3.37. The molecule has 1 amide bonds. The van der Waals surface area contributed by atoms with Crippen molar-refractivity contribution in [1.29, 1.82) is 0 Å². The molecule has 0 spiro atoms. The molecule has 11 heteroatoms. The zero-order valence-electron chi connectivity index (χ0n) is 19.1. The number of benzene rings is 3. The number of hydrogen-bond acceptors (Lipinski definition) is 4. The van der Waals surface area contributed by atoms with Crippen molar-refractivity contribution in [2.45, 2.75) is 12.6 Å². The van der Waals surface area contributed by atoms with E-state index < -0.39 is 47.2 Å². The van der Waals surface area contributed by atoms with E-state index in [9.17, 15) is 31.9 Å². The van der Waals surface area contributed by atoms with E-state index in [4.69, 9.17) is 21.1 Å². The molecular formula is C27H16ClF4NO5. The highest BCUT2D eigenvalue weighted by Gasteiger charge is 2.34. The zero-order valence-corrected chi connectivity index (χ0v) is 19.9. The highest BCUT2D eigenvalue weighted by molar-refractivity contribution is 6.31. The molecule has 194 valence electrons. The van der Waals surface area contributed by atoms with Crippen molar-refractivity contribution in [3.63, 3.8) is 0 Å². The maximum Gasteiger partial charge on any atom is 0.418 e. The van der Waals surface area contributed by atoms with Crippen LogP contribution < -0.4 is 10.9 Å². The first-order valence-corrected chi connectivity index (χ1v) is 11.2. The summed E-state index contributed by atoms with van der Waals surface area (Å²) >= 11 is 6.03. The first-order chi connectivity index (χ1) is 17.9. The van der Waals surface area contributed by atoms with Gasteiger partial charge in [0.25, 0.3) is 0 Å². The lowest BCUT2D eigenvalue weighted by atomic mass is 9.94. The van der Waals surface area contributed by atoms with Gasteiger partial charge in [-0.25, -0.2) is 14.0 Å². The lowest BCUT2D eigenvalue weighted by Crippen LogP contribution is -2.22. The van der Waals surface area contributed by atoms with Crippen LogP contribution in [0.15, 0.2) is 76.0 Å². The number of nitrogens with one attached hydrogen (secondary N) is 1. The minimum Gasteiger partial charge on any atom is -0.478 e. The van der Waals surface area contributed by atoms with Gasteiger partial charge in [0, 0.05) is 28.1 Å². The van der Waals surface area contributed by atoms with Crippen LogP contribution in [0.5, 0.6) is 0 Å². The van der Waals surface area contributed by atoms with Crippen molar-refractivity contribution in [1.82, 2.24) is 0 Å². The van der Waals surface area contributed by atoms with E-state index in [0.29, 0.717) is 16.5 Å². The molecule has 1 heterocycles. The van der Waals surface area contributed by atoms with E-state index in [1.165, 1.54) is 18.2 Å². The molecule has 0 saturated carbocycles. The lowest BCUT2D eigenvalue weighted by molar-refractivity contribution is -0.137. The Morgan fingerprint density at radius 1 is 1.05 bits per heavy atom. The third-order valence-corrected chi connectivity index (χ3v) is 5.69. The second-order valence-corrected chi connectivity index (χ2v) is 8.53. The molecule has 0 saturated heterocycles. The molecule has 6 nitrogen and oxygen atoms in total. The van der Waals surface area contributed by atoms with Crippen molar-refractivity contribution in [3.05, 3.63) is 105 Å². The number of carbonyl (C=O) groups excluding carboxylic acids is 1. The van der Waals surface area contributed by atoms with Gasteiger partial charge in [0.1, 0.15) is 11.4 Å². The van der Waals surface area contributed by atoms with Crippen molar-refractivity contribution in [2.24, 2.45) is 0 Å². The molecule has 0 aliphatic rings. The van der Waals surface area contributed by atoms with Crippen LogP contribution in [0, 0.1) is 5.82 Å². The Labute approximate surface area is 216 Å². The number of carbonyl (C=O) groups is 2. The summed E-state index contributed by atoms with van der Waals surface area (Å²) in [6, 6.07) is 12.7. The molecule has 3 aromatic carbocycles. The number of fused-ring (bicyclic) bond motifs is 1. The molecule has 1 aromatic heterocycles. The van der Waals surface area contributed by atoms with Crippen molar-refractivity contribution >= 4 is 46.2 Å². The summed E-state index contributed by atoms with van der Waals surface area (Å²) in [5, 5.41) is 11.7. The Kier molecular flexibility index (Phi) is 7.36. The predicted octanol–water partition coefficient (Wildman–Crippen LogP) is 6.55. The third-order valence-electron chi connectivity index (χ3n) is 5.46. The van der Waals surface area contributed by atoms with E-state index in [2.05, 4.69) is 5.32 Å². The maximum atomic E-state index is 13.5. The van der Waals surface area contributed by atoms with Crippen LogP contribution >= 0.6 is 11.6 Å². The van der Waals surface area contributed by atoms with E-state index in [1.807, 2.05) is 0 Å². The molecule has 0 aliphatic carbocycles. The normalized spacial score (nSPS) is 11.7. The third kappa shape index (κ3) is 5.92. The number of anilines is 1. The lowest BCUT2D eigenvalue weighted by Gasteiger charge is -2.15. The summed E-state index contributed by atoms with van der Waals surface area (Å²) in [5.41, 5.74) is -1.91. The Morgan fingerprint density at radius 3 is 2.53 bits per heavy atom. The predicted molar refractivity (Wildman–Crippen MR) is 133 cm³/mol. The van der Waals surface area contributed by atoms with Crippen LogP contribution in [0.4, 0.5) is 23.2 Å². The maximum absolute atomic E-state index is 13.5. The minimum absolute atomic E-state index is 0.103. The number of alkyl halides is 3. The van der Waals surface area contributed by atoms with Gasteiger partial charge in [0.05, 0.1) is 23.2 Å². The van der Waals surface area contributed by atoms with Crippen LogP contribution in [-0.4, -0.2) is 17.0 Å². The first-order valence-electron chi connectivity index (χ1n) is 10.9. The van der Waals surface area contributed by atoms with Crippen LogP contribution in [0.1, 0.15) is 16.7 Å². The Hall–Kier alpha value is -4.44. The molecule has 4 aromatic rings. The van der Waals surface area contributed by atoms with Crippen molar-refractivity contribution < 1.29 is 36.7 Å². The molecule has 0 atom stereocenters. The van der Waals surface area contributed by atoms with Gasteiger partial charge >= 0.3 is 17.8 Å². The number of halogens is 5. The molecule has 0 fully saturated rings. The second-order valence-electron chi connectivity index (χ2n) is 8.09. The summed E-state index contributed by atoms with van der Waals surface area (Å²) in [7, 11) is 0. The summed E-state index contributed by atoms with van der Waals surface area (Å²) < 4.78 is 58.9. The van der Waals surface area contributed by atoms with Gasteiger partial charge in [0.15, 0.2) is 0 Å². The fourth-order valence-corrected chi connectivity index (χ4v) is 4.05. The van der Waals surface area contributed by atoms with E-state index >= 15 is 0 Å². The molecular weight excluding hydrogens is 530 g/mol. The molecule has 0 bridgehead atoms. The highest BCUT2D eigenvalue weighted by atomic mass is 35.5.